The zero-order valence-corrected chi connectivity index (χ0v) is 12.8. The van der Waals surface area contributed by atoms with Crippen molar-refractivity contribution >= 4 is 43.6 Å². The molecule has 1 unspecified atom stereocenters. The van der Waals surface area contributed by atoms with Gasteiger partial charge in [-0.1, -0.05) is 38.4 Å². The summed E-state index contributed by atoms with van der Waals surface area (Å²) in [4.78, 5) is 1.40. The first-order valence-electron chi connectivity index (χ1n) is 5.16. The van der Waals surface area contributed by atoms with Crippen molar-refractivity contribution < 1.29 is 0 Å². The maximum atomic E-state index is 3.85. The highest BCUT2D eigenvalue weighted by Gasteiger charge is 2.20. The topological polar surface area (TPSA) is 12.0 Å². The third-order valence-corrected chi connectivity index (χ3v) is 4.45. The predicted molar refractivity (Wildman–Crippen MR) is 78.3 cm³/mol. The Hall–Kier alpha value is 0.230. The third kappa shape index (κ3) is 3.13. The van der Waals surface area contributed by atoms with Crippen LogP contribution in [-0.2, 0) is 0 Å². The number of hydrogen-bond acceptors (Lipinski definition) is 2. The first kappa shape index (κ1) is 12.7. The van der Waals surface area contributed by atoms with E-state index in [-0.39, 0.29) is 0 Å². The molecule has 0 bridgehead atoms. The summed E-state index contributed by atoms with van der Waals surface area (Å²) in [6, 6.07) is 6.97. The van der Waals surface area contributed by atoms with Gasteiger partial charge in [-0.3, -0.25) is 0 Å². The Morgan fingerprint density at radius 2 is 2.38 bits per heavy atom. The second-order valence-electron chi connectivity index (χ2n) is 3.77. The maximum Gasteiger partial charge on any atom is 0.0342 e. The molecule has 1 aliphatic heterocycles. The van der Waals surface area contributed by atoms with Crippen molar-refractivity contribution in [2.75, 3.05) is 12.3 Å². The van der Waals surface area contributed by atoms with E-state index in [1.165, 1.54) is 22.6 Å². The van der Waals surface area contributed by atoms with Crippen LogP contribution in [0.3, 0.4) is 0 Å². The van der Waals surface area contributed by atoms with Crippen molar-refractivity contribution in [2.24, 2.45) is 0 Å². The molecule has 1 atom stereocenters. The van der Waals surface area contributed by atoms with Crippen LogP contribution in [0, 0.1) is 0 Å². The molecule has 1 nitrogen and oxygen atoms in total. The van der Waals surface area contributed by atoms with Gasteiger partial charge in [-0.25, -0.2) is 0 Å². The summed E-state index contributed by atoms with van der Waals surface area (Å²) >= 11 is 8.86. The van der Waals surface area contributed by atoms with Crippen LogP contribution in [0.4, 0.5) is 0 Å². The monoisotopic (exact) mass is 361 g/mol. The molecule has 0 radical (unpaired) electrons. The second kappa shape index (κ2) is 5.71. The summed E-state index contributed by atoms with van der Waals surface area (Å²) in [5.41, 5.74) is 1.40. The Kier molecular flexibility index (Phi) is 4.53. The number of hydrogen-bond donors (Lipinski definition) is 1. The van der Waals surface area contributed by atoms with E-state index in [9.17, 15) is 0 Å². The standard InChI is InChI=1S/C12H13Br2NS/c1-8(13)7-15-11-4-5-16-12-3-2-9(14)6-10(11)12/h2-3,6,11,15H,1,4-5,7H2. The van der Waals surface area contributed by atoms with E-state index < -0.39 is 0 Å². The number of fused-ring (bicyclic) bond motifs is 1. The van der Waals surface area contributed by atoms with Crippen LogP contribution in [0.1, 0.15) is 18.0 Å². The summed E-state index contributed by atoms with van der Waals surface area (Å²) in [5, 5.41) is 3.52. The van der Waals surface area contributed by atoms with Gasteiger partial charge >= 0.3 is 0 Å². The molecule has 0 fully saturated rings. The summed E-state index contributed by atoms with van der Waals surface area (Å²) in [5.74, 6) is 1.18. The van der Waals surface area contributed by atoms with Crippen LogP contribution in [0.15, 0.2) is 38.6 Å². The molecule has 1 N–H and O–H groups in total. The average Bonchev–Trinajstić information content (AvgIpc) is 2.26. The summed E-state index contributed by atoms with van der Waals surface area (Å²) < 4.78 is 2.15. The fraction of sp³-hybridized carbons (Fsp3) is 0.333. The summed E-state index contributed by atoms with van der Waals surface area (Å²) in [6.45, 7) is 4.67. The lowest BCUT2D eigenvalue weighted by atomic mass is 10.0. The number of benzene rings is 1. The largest absolute Gasteiger partial charge is 0.305 e. The van der Waals surface area contributed by atoms with Gasteiger partial charge in [0.05, 0.1) is 0 Å². The Bertz CT molecular complexity index is 406. The van der Waals surface area contributed by atoms with Gasteiger partial charge in [-0.2, -0.15) is 0 Å². The number of rotatable bonds is 3. The highest BCUT2D eigenvalue weighted by molar-refractivity contribution is 9.11. The van der Waals surface area contributed by atoms with Gasteiger partial charge in [-0.15, -0.1) is 11.8 Å². The Labute approximate surface area is 117 Å². The second-order valence-corrected chi connectivity index (χ2v) is 6.94. The lowest BCUT2D eigenvalue weighted by Crippen LogP contribution is -2.25. The number of nitrogens with one attached hydrogen (secondary N) is 1. The van der Waals surface area contributed by atoms with Gasteiger partial charge in [0.25, 0.3) is 0 Å². The molecule has 0 saturated heterocycles. The van der Waals surface area contributed by atoms with Crippen molar-refractivity contribution in [3.63, 3.8) is 0 Å². The summed E-state index contributed by atoms with van der Waals surface area (Å²) in [6.07, 6.45) is 1.18. The fourth-order valence-electron chi connectivity index (χ4n) is 1.81. The molecule has 1 heterocycles. The van der Waals surface area contributed by atoms with E-state index >= 15 is 0 Å². The van der Waals surface area contributed by atoms with Crippen LogP contribution in [0.2, 0.25) is 0 Å². The fourth-order valence-corrected chi connectivity index (χ4v) is 3.46. The van der Waals surface area contributed by atoms with Gasteiger partial charge in [0.15, 0.2) is 0 Å². The Morgan fingerprint density at radius 1 is 1.56 bits per heavy atom. The van der Waals surface area contributed by atoms with E-state index in [0.29, 0.717) is 6.04 Å². The van der Waals surface area contributed by atoms with E-state index in [2.05, 4.69) is 62.0 Å². The zero-order valence-electron chi connectivity index (χ0n) is 8.80. The van der Waals surface area contributed by atoms with Crippen molar-refractivity contribution in [3.8, 4) is 0 Å². The maximum absolute atomic E-state index is 3.85. The van der Waals surface area contributed by atoms with Gasteiger partial charge in [0.2, 0.25) is 0 Å². The van der Waals surface area contributed by atoms with Crippen LogP contribution in [0.25, 0.3) is 0 Å². The summed E-state index contributed by atoms with van der Waals surface area (Å²) in [7, 11) is 0. The molecule has 86 valence electrons. The van der Waals surface area contributed by atoms with Gasteiger partial charge < -0.3 is 5.32 Å². The first-order chi connectivity index (χ1) is 7.66. The van der Waals surface area contributed by atoms with E-state index in [0.717, 1.165) is 15.5 Å². The Balaban J connectivity index is 2.18. The highest BCUT2D eigenvalue weighted by atomic mass is 79.9. The molecule has 1 aromatic carbocycles. The van der Waals surface area contributed by atoms with Crippen molar-refractivity contribution in [1.82, 2.24) is 5.32 Å². The minimum absolute atomic E-state index is 0.447. The molecule has 16 heavy (non-hydrogen) atoms. The molecule has 1 aliphatic rings. The normalized spacial score (nSPS) is 19.2. The molecule has 2 rings (SSSR count). The Morgan fingerprint density at radius 3 is 3.12 bits per heavy atom. The minimum atomic E-state index is 0.447. The minimum Gasteiger partial charge on any atom is -0.305 e. The molecule has 0 amide bonds. The third-order valence-electron chi connectivity index (χ3n) is 2.55. The quantitative estimate of drug-likeness (QED) is 0.850. The molecule has 0 aromatic heterocycles. The molecule has 0 spiro atoms. The van der Waals surface area contributed by atoms with Crippen molar-refractivity contribution in [3.05, 3.63) is 39.3 Å². The van der Waals surface area contributed by atoms with Crippen LogP contribution < -0.4 is 5.32 Å². The smallest absolute Gasteiger partial charge is 0.0342 e. The van der Waals surface area contributed by atoms with E-state index in [1.54, 1.807) is 0 Å². The number of halogens is 2. The zero-order chi connectivity index (χ0) is 11.5. The van der Waals surface area contributed by atoms with Crippen LogP contribution in [-0.4, -0.2) is 12.3 Å². The molecule has 0 saturated carbocycles. The van der Waals surface area contributed by atoms with Crippen LogP contribution in [0.5, 0.6) is 0 Å². The highest BCUT2D eigenvalue weighted by Crippen LogP contribution is 2.37. The van der Waals surface area contributed by atoms with Gasteiger partial charge in [-0.05, 0) is 35.9 Å². The number of thioether (sulfide) groups is 1. The molecular formula is C12H13Br2NS. The SMILES string of the molecule is C=C(Br)CNC1CCSc2ccc(Br)cc21. The van der Waals surface area contributed by atoms with Gasteiger partial charge in [0, 0.05) is 26.4 Å². The van der Waals surface area contributed by atoms with E-state index in [4.69, 9.17) is 0 Å². The van der Waals surface area contributed by atoms with Crippen LogP contribution >= 0.6 is 43.6 Å². The molecule has 1 aromatic rings. The van der Waals surface area contributed by atoms with Crippen molar-refractivity contribution in [1.29, 1.82) is 0 Å². The first-order valence-corrected chi connectivity index (χ1v) is 7.73. The molecular weight excluding hydrogens is 350 g/mol. The van der Waals surface area contributed by atoms with Crippen molar-refractivity contribution in [2.45, 2.75) is 17.4 Å². The van der Waals surface area contributed by atoms with E-state index in [1.807, 2.05) is 11.8 Å². The lowest BCUT2D eigenvalue weighted by Gasteiger charge is -2.26. The molecule has 0 aliphatic carbocycles. The average molecular weight is 363 g/mol. The molecule has 4 heteroatoms. The lowest BCUT2D eigenvalue weighted by molar-refractivity contribution is 0.539. The predicted octanol–water partition coefficient (Wildman–Crippen LogP) is 4.48. The van der Waals surface area contributed by atoms with Gasteiger partial charge in [0.1, 0.15) is 0 Å².